The van der Waals surface area contributed by atoms with Crippen molar-refractivity contribution >= 4 is 55.2 Å². The topological polar surface area (TPSA) is 168 Å². The second-order valence-electron chi connectivity index (χ2n) is 7.86. The third-order valence-electron chi connectivity index (χ3n) is 6.48. The quantitative estimate of drug-likeness (QED) is 0.154. The Balaban J connectivity index is 2.39. The van der Waals surface area contributed by atoms with E-state index >= 15 is 0 Å². The van der Waals surface area contributed by atoms with E-state index in [0.29, 0.717) is 5.75 Å². The Morgan fingerprint density at radius 3 is 2.25 bits per heavy atom. The predicted molar refractivity (Wildman–Crippen MR) is 140 cm³/mol. The lowest BCUT2D eigenvalue weighted by molar-refractivity contribution is -0.380. The van der Waals surface area contributed by atoms with Crippen molar-refractivity contribution in [2.24, 2.45) is 4.40 Å². The Morgan fingerprint density at radius 2 is 1.78 bits per heavy atom. The van der Waals surface area contributed by atoms with Crippen LogP contribution in [0.1, 0.15) is 29.1 Å². The van der Waals surface area contributed by atoms with Crippen molar-refractivity contribution in [1.82, 2.24) is 5.32 Å². The van der Waals surface area contributed by atoms with Gasteiger partial charge in [0.25, 0.3) is 5.91 Å². The minimum absolute atomic E-state index is 0.0601. The molecule has 1 amide bonds. The summed E-state index contributed by atoms with van der Waals surface area (Å²) in [5.41, 5.74) is -1.02. The van der Waals surface area contributed by atoms with Crippen LogP contribution in [0.25, 0.3) is 4.91 Å². The van der Waals surface area contributed by atoms with Crippen LogP contribution < -0.4 is 10.1 Å². The van der Waals surface area contributed by atoms with E-state index in [0.717, 1.165) is 11.3 Å². The maximum absolute atomic E-state index is 13.3. The second kappa shape index (κ2) is 9.59. The van der Waals surface area contributed by atoms with Gasteiger partial charge in [-0.25, -0.2) is 9.59 Å². The molecule has 1 aliphatic rings. The van der Waals surface area contributed by atoms with Crippen molar-refractivity contribution in [3.8, 4) is 5.75 Å². The number of carbonyl (C=O) groups is 3. The monoisotopic (exact) mass is 535 g/mol. The Labute approximate surface area is 210 Å². The number of carbonyl (C=O) groups excluding carboxylic acids is 1. The van der Waals surface area contributed by atoms with Crippen molar-refractivity contribution in [1.29, 1.82) is 0 Å². The Kier molecular flexibility index (Phi) is 7.09. The molecule has 0 atom stereocenters. The first kappa shape index (κ1) is 26.6. The molecular formula is C23H25N3O8S2. The fourth-order valence-electron chi connectivity index (χ4n) is 4.57. The van der Waals surface area contributed by atoms with E-state index in [-0.39, 0.29) is 36.9 Å². The zero-order chi connectivity index (χ0) is 26.9. The van der Waals surface area contributed by atoms with E-state index in [1.807, 2.05) is 0 Å². The number of thiol groups is 1. The summed E-state index contributed by atoms with van der Waals surface area (Å²) in [7, 11) is -2.75. The average Bonchev–Trinajstić information content (AvgIpc) is 3.44. The summed E-state index contributed by atoms with van der Waals surface area (Å²) in [6.07, 6.45) is 0. The minimum Gasteiger partial charge on any atom is -0.497 e. The van der Waals surface area contributed by atoms with Crippen LogP contribution in [0.2, 0.25) is 0 Å². The number of amides is 1. The normalized spacial score (nSPS) is 17.1. The van der Waals surface area contributed by atoms with Gasteiger partial charge in [-0.1, -0.05) is 31.3 Å². The van der Waals surface area contributed by atoms with Crippen LogP contribution in [0.3, 0.4) is 0 Å². The molecule has 11 nitrogen and oxygen atoms in total. The zero-order valence-electron chi connectivity index (χ0n) is 19.7. The number of nitro groups is 1. The summed E-state index contributed by atoms with van der Waals surface area (Å²) < 4.78 is 9.62. The van der Waals surface area contributed by atoms with Gasteiger partial charge in [0.15, 0.2) is 0 Å². The SMILES string of the molecule is C=N[SH]1(CC)(CC)C(NC(=O)c2cccc(OC)c2)=C(C(=O)O)C(C(=O)O)=C1c1ccc([N+](=O)[O-])s1. The number of rotatable bonds is 10. The number of nitrogens with one attached hydrogen (secondary N) is 1. The maximum atomic E-state index is 13.3. The van der Waals surface area contributed by atoms with Gasteiger partial charge in [0.05, 0.1) is 22.6 Å². The van der Waals surface area contributed by atoms with Crippen LogP contribution >= 0.6 is 20.7 Å². The highest BCUT2D eigenvalue weighted by atomic mass is 32.3. The van der Waals surface area contributed by atoms with E-state index < -0.39 is 43.3 Å². The molecule has 13 heteroatoms. The van der Waals surface area contributed by atoms with Crippen molar-refractivity contribution in [3.05, 3.63) is 73.1 Å². The molecule has 192 valence electrons. The third kappa shape index (κ3) is 3.85. The van der Waals surface area contributed by atoms with E-state index in [9.17, 15) is 34.7 Å². The van der Waals surface area contributed by atoms with Gasteiger partial charge in [-0.3, -0.25) is 19.3 Å². The number of benzene rings is 1. The minimum atomic E-state index is -4.17. The molecular weight excluding hydrogens is 510 g/mol. The van der Waals surface area contributed by atoms with Crippen LogP contribution in [0, 0.1) is 10.1 Å². The molecule has 3 rings (SSSR count). The van der Waals surface area contributed by atoms with E-state index in [1.54, 1.807) is 26.0 Å². The van der Waals surface area contributed by atoms with Crippen molar-refractivity contribution in [2.45, 2.75) is 13.8 Å². The van der Waals surface area contributed by atoms with Crippen LogP contribution in [0.4, 0.5) is 5.00 Å². The van der Waals surface area contributed by atoms with Gasteiger partial charge in [-0.05, 0) is 42.5 Å². The molecule has 0 fully saturated rings. The summed E-state index contributed by atoms with van der Waals surface area (Å²) in [6, 6.07) is 8.76. The molecule has 36 heavy (non-hydrogen) atoms. The first-order chi connectivity index (χ1) is 17.0. The Hall–Kier alpha value is -3.97. The third-order valence-corrected chi connectivity index (χ3v) is 14.0. The number of carboxylic acids is 2. The Bertz CT molecular complexity index is 1370. The fourth-order valence-corrected chi connectivity index (χ4v) is 11.2. The summed E-state index contributed by atoms with van der Waals surface area (Å²) >= 11 is 0.718. The molecule has 1 aromatic heterocycles. The molecule has 0 radical (unpaired) electrons. The van der Waals surface area contributed by atoms with Crippen molar-refractivity contribution in [3.63, 3.8) is 0 Å². The summed E-state index contributed by atoms with van der Waals surface area (Å²) in [5.74, 6) is -3.16. The summed E-state index contributed by atoms with van der Waals surface area (Å²) in [4.78, 5) is 49.4. The maximum Gasteiger partial charge on any atom is 0.339 e. The number of thiophene rings is 1. The van der Waals surface area contributed by atoms with Crippen LogP contribution in [-0.4, -0.2) is 58.3 Å². The van der Waals surface area contributed by atoms with E-state index in [1.165, 1.54) is 31.4 Å². The van der Waals surface area contributed by atoms with Gasteiger partial charge in [0.2, 0.25) is 0 Å². The molecule has 0 saturated carbocycles. The number of carboxylic acid groups (broad SMARTS) is 2. The number of aliphatic carboxylic acids is 2. The first-order valence-electron chi connectivity index (χ1n) is 10.7. The number of hydrogen-bond donors (Lipinski definition) is 4. The van der Waals surface area contributed by atoms with Gasteiger partial charge in [-0.2, -0.15) is 9.35 Å². The van der Waals surface area contributed by atoms with E-state index in [4.69, 9.17) is 4.74 Å². The van der Waals surface area contributed by atoms with Gasteiger partial charge in [0.1, 0.15) is 11.3 Å². The number of nitrogens with zero attached hydrogens (tertiary/aromatic N) is 2. The molecule has 1 aromatic carbocycles. The zero-order valence-corrected chi connectivity index (χ0v) is 21.4. The highest BCUT2D eigenvalue weighted by Gasteiger charge is 2.56. The largest absolute Gasteiger partial charge is 0.497 e. The highest BCUT2D eigenvalue weighted by Crippen LogP contribution is 2.87. The fraction of sp³-hybridized carbons (Fsp3) is 0.217. The second-order valence-corrected chi connectivity index (χ2v) is 14.3. The number of methoxy groups -OCH3 is 1. The summed E-state index contributed by atoms with van der Waals surface area (Å²) in [6.45, 7) is 7.16. The molecule has 0 unspecified atom stereocenters. The summed E-state index contributed by atoms with van der Waals surface area (Å²) in [5, 5.41) is 34.0. The smallest absolute Gasteiger partial charge is 0.339 e. The molecule has 0 saturated heterocycles. The molecule has 0 bridgehead atoms. The van der Waals surface area contributed by atoms with Crippen LogP contribution in [0.15, 0.2) is 57.0 Å². The lowest BCUT2D eigenvalue weighted by atomic mass is 10.1. The molecule has 2 aromatic rings. The van der Waals surface area contributed by atoms with Gasteiger partial charge in [-0.15, -0.1) is 0 Å². The van der Waals surface area contributed by atoms with Crippen LogP contribution in [0.5, 0.6) is 5.75 Å². The number of ether oxygens (including phenoxy) is 1. The molecule has 0 spiro atoms. The van der Waals surface area contributed by atoms with Gasteiger partial charge in [0, 0.05) is 21.4 Å². The lowest BCUT2D eigenvalue weighted by Gasteiger charge is -2.58. The van der Waals surface area contributed by atoms with Crippen molar-refractivity contribution in [2.75, 3.05) is 18.6 Å². The molecule has 1 aliphatic heterocycles. The van der Waals surface area contributed by atoms with Gasteiger partial charge >= 0.3 is 16.9 Å². The van der Waals surface area contributed by atoms with Crippen LogP contribution in [-0.2, 0) is 9.59 Å². The Morgan fingerprint density at radius 1 is 1.14 bits per heavy atom. The van der Waals surface area contributed by atoms with E-state index in [2.05, 4.69) is 16.4 Å². The molecule has 0 aliphatic carbocycles. The molecule has 2 heterocycles. The average molecular weight is 536 g/mol. The first-order valence-corrected chi connectivity index (χ1v) is 14.0. The van der Waals surface area contributed by atoms with Gasteiger partial charge < -0.3 is 20.3 Å². The van der Waals surface area contributed by atoms with Crippen molar-refractivity contribution < 1.29 is 34.3 Å². The predicted octanol–water partition coefficient (Wildman–Crippen LogP) is 3.93. The lowest BCUT2D eigenvalue weighted by Crippen LogP contribution is -2.34. The highest BCUT2D eigenvalue weighted by molar-refractivity contribution is 8.58. The number of hydrogen-bond acceptors (Lipinski definition) is 8. The standard InChI is InChI=1S/C23H25N3O8S2/c1-5-36(6-2,24-3)19(15-10-11-16(35-15)26(32)33)17(22(28)29)18(23(30)31)21(36)25-20(27)13-8-7-9-14(12-13)34-4/h7-12,36H,3,5-6H2,1-2,4H3,(H,25,27)(H,28,29)(H,30,31). The molecule has 3 N–H and O–H groups in total.